The first-order valence-electron chi connectivity index (χ1n) is 4.28. The standard InChI is InChI=1S/C12H14O/c1-4-11(13)12(2,3)10-8-6-5-7-9-10/h1,5-9,11,13H,2-3H3. The van der Waals surface area contributed by atoms with Crippen LogP contribution < -0.4 is 0 Å². The molecule has 1 atom stereocenters. The lowest BCUT2D eigenvalue weighted by Gasteiger charge is -2.27. The predicted molar refractivity (Wildman–Crippen MR) is 54.3 cm³/mol. The van der Waals surface area contributed by atoms with Crippen molar-refractivity contribution >= 4 is 0 Å². The fourth-order valence-corrected chi connectivity index (χ4v) is 1.23. The van der Waals surface area contributed by atoms with E-state index in [9.17, 15) is 5.11 Å². The van der Waals surface area contributed by atoms with Gasteiger partial charge in [-0.2, -0.15) is 0 Å². The molecule has 68 valence electrons. The van der Waals surface area contributed by atoms with Gasteiger partial charge in [0.05, 0.1) is 0 Å². The van der Waals surface area contributed by atoms with E-state index in [1.807, 2.05) is 44.2 Å². The van der Waals surface area contributed by atoms with Crippen molar-refractivity contribution in [3.63, 3.8) is 0 Å². The van der Waals surface area contributed by atoms with E-state index in [1.54, 1.807) is 0 Å². The van der Waals surface area contributed by atoms with Gasteiger partial charge >= 0.3 is 0 Å². The van der Waals surface area contributed by atoms with Crippen LogP contribution in [0.4, 0.5) is 0 Å². The fraction of sp³-hybridized carbons (Fsp3) is 0.333. The van der Waals surface area contributed by atoms with Gasteiger partial charge < -0.3 is 5.11 Å². The van der Waals surface area contributed by atoms with E-state index in [2.05, 4.69) is 5.92 Å². The molecule has 0 amide bonds. The van der Waals surface area contributed by atoms with E-state index >= 15 is 0 Å². The molecule has 0 aromatic heterocycles. The van der Waals surface area contributed by atoms with Crippen molar-refractivity contribution in [3.8, 4) is 12.3 Å². The van der Waals surface area contributed by atoms with Gasteiger partial charge in [-0.1, -0.05) is 50.1 Å². The van der Waals surface area contributed by atoms with E-state index in [0.717, 1.165) is 5.56 Å². The van der Waals surface area contributed by atoms with Crippen molar-refractivity contribution in [3.05, 3.63) is 35.9 Å². The van der Waals surface area contributed by atoms with E-state index in [0.29, 0.717) is 0 Å². The molecule has 0 heterocycles. The van der Waals surface area contributed by atoms with Gasteiger partial charge in [0.2, 0.25) is 0 Å². The monoisotopic (exact) mass is 174 g/mol. The molecule has 0 bridgehead atoms. The van der Waals surface area contributed by atoms with Crippen LogP contribution >= 0.6 is 0 Å². The zero-order chi connectivity index (χ0) is 9.90. The van der Waals surface area contributed by atoms with Crippen LogP contribution in [-0.2, 0) is 5.41 Å². The number of terminal acetylenes is 1. The normalized spacial score (nSPS) is 13.4. The van der Waals surface area contributed by atoms with Crippen molar-refractivity contribution in [2.75, 3.05) is 0 Å². The van der Waals surface area contributed by atoms with Crippen LogP contribution in [-0.4, -0.2) is 11.2 Å². The van der Waals surface area contributed by atoms with Gasteiger partial charge in [-0.15, -0.1) is 6.42 Å². The third-order valence-corrected chi connectivity index (χ3v) is 2.36. The topological polar surface area (TPSA) is 20.2 Å². The lowest BCUT2D eigenvalue weighted by molar-refractivity contribution is 0.153. The Morgan fingerprint density at radius 2 is 1.85 bits per heavy atom. The SMILES string of the molecule is C#CC(O)C(C)(C)c1ccccc1. The highest BCUT2D eigenvalue weighted by Gasteiger charge is 2.27. The molecule has 0 saturated carbocycles. The number of aliphatic hydroxyl groups is 1. The maximum absolute atomic E-state index is 9.60. The summed E-state index contributed by atoms with van der Waals surface area (Å²) in [5, 5.41) is 9.60. The summed E-state index contributed by atoms with van der Waals surface area (Å²) in [6, 6.07) is 9.78. The number of aliphatic hydroxyl groups excluding tert-OH is 1. The summed E-state index contributed by atoms with van der Waals surface area (Å²) in [6.07, 6.45) is 4.45. The highest BCUT2D eigenvalue weighted by atomic mass is 16.3. The van der Waals surface area contributed by atoms with Crippen LogP contribution in [0.15, 0.2) is 30.3 Å². The smallest absolute Gasteiger partial charge is 0.123 e. The van der Waals surface area contributed by atoms with Crippen LogP contribution in [0.2, 0.25) is 0 Å². The molecule has 0 saturated heterocycles. The number of hydrogen-bond donors (Lipinski definition) is 1. The van der Waals surface area contributed by atoms with E-state index < -0.39 is 6.10 Å². The zero-order valence-corrected chi connectivity index (χ0v) is 7.99. The van der Waals surface area contributed by atoms with E-state index in [4.69, 9.17) is 6.42 Å². The minimum Gasteiger partial charge on any atom is -0.379 e. The van der Waals surface area contributed by atoms with Gasteiger partial charge in [-0.25, -0.2) is 0 Å². The van der Waals surface area contributed by atoms with Crippen LogP contribution in [0.25, 0.3) is 0 Å². The molecule has 1 heteroatoms. The molecular formula is C12H14O. The third kappa shape index (κ3) is 1.91. The third-order valence-electron chi connectivity index (χ3n) is 2.36. The van der Waals surface area contributed by atoms with Crippen molar-refractivity contribution in [1.82, 2.24) is 0 Å². The molecule has 1 N–H and O–H groups in total. The Bertz CT molecular complexity index is 306. The molecule has 1 unspecified atom stereocenters. The average molecular weight is 174 g/mol. The lowest BCUT2D eigenvalue weighted by atomic mass is 9.80. The summed E-state index contributed by atoms with van der Waals surface area (Å²) in [5.74, 6) is 2.36. The molecule has 13 heavy (non-hydrogen) atoms. The summed E-state index contributed by atoms with van der Waals surface area (Å²) in [7, 11) is 0. The van der Waals surface area contributed by atoms with E-state index in [1.165, 1.54) is 0 Å². The predicted octanol–water partition coefficient (Wildman–Crippen LogP) is 1.96. The second kappa shape index (κ2) is 3.64. The minimum atomic E-state index is -0.741. The first kappa shape index (κ1) is 9.83. The molecule has 1 aromatic rings. The van der Waals surface area contributed by atoms with Crippen molar-refractivity contribution in [2.45, 2.75) is 25.4 Å². The van der Waals surface area contributed by atoms with Crippen LogP contribution in [0.1, 0.15) is 19.4 Å². The first-order valence-corrected chi connectivity index (χ1v) is 4.28. The second-order valence-corrected chi connectivity index (χ2v) is 3.66. The molecule has 0 spiro atoms. The second-order valence-electron chi connectivity index (χ2n) is 3.66. The first-order chi connectivity index (χ1) is 6.09. The van der Waals surface area contributed by atoms with E-state index in [-0.39, 0.29) is 5.41 Å². The fourth-order valence-electron chi connectivity index (χ4n) is 1.23. The lowest BCUT2D eigenvalue weighted by Crippen LogP contribution is -2.32. The quantitative estimate of drug-likeness (QED) is 0.679. The van der Waals surface area contributed by atoms with Gasteiger partial charge in [0, 0.05) is 5.41 Å². The van der Waals surface area contributed by atoms with Crippen molar-refractivity contribution in [1.29, 1.82) is 0 Å². The van der Waals surface area contributed by atoms with Gasteiger partial charge in [0.25, 0.3) is 0 Å². The Morgan fingerprint density at radius 1 is 1.31 bits per heavy atom. The Kier molecular flexibility index (Phi) is 2.75. The average Bonchev–Trinajstić information content (AvgIpc) is 2.18. The molecule has 1 aromatic carbocycles. The van der Waals surface area contributed by atoms with Gasteiger partial charge in [0.15, 0.2) is 0 Å². The van der Waals surface area contributed by atoms with Crippen LogP contribution in [0.5, 0.6) is 0 Å². The van der Waals surface area contributed by atoms with Gasteiger partial charge in [-0.3, -0.25) is 0 Å². The highest BCUT2D eigenvalue weighted by Crippen LogP contribution is 2.26. The Hall–Kier alpha value is -1.26. The summed E-state index contributed by atoms with van der Waals surface area (Å²) < 4.78 is 0. The molecule has 0 aliphatic rings. The number of benzene rings is 1. The molecule has 0 aliphatic carbocycles. The Labute approximate surface area is 79.4 Å². The molecule has 1 nitrogen and oxygen atoms in total. The molecule has 1 rings (SSSR count). The van der Waals surface area contributed by atoms with Crippen molar-refractivity contribution < 1.29 is 5.11 Å². The summed E-state index contributed by atoms with van der Waals surface area (Å²) in [6.45, 7) is 3.87. The maximum Gasteiger partial charge on any atom is 0.123 e. The molecular weight excluding hydrogens is 160 g/mol. The molecule has 0 fully saturated rings. The highest BCUT2D eigenvalue weighted by molar-refractivity contribution is 5.27. The zero-order valence-electron chi connectivity index (χ0n) is 7.99. The summed E-state index contributed by atoms with van der Waals surface area (Å²) >= 11 is 0. The summed E-state index contributed by atoms with van der Waals surface area (Å²) in [4.78, 5) is 0. The van der Waals surface area contributed by atoms with Crippen molar-refractivity contribution in [2.24, 2.45) is 0 Å². The van der Waals surface area contributed by atoms with Crippen LogP contribution in [0.3, 0.4) is 0 Å². The molecule has 0 aliphatic heterocycles. The van der Waals surface area contributed by atoms with Gasteiger partial charge in [0.1, 0.15) is 6.10 Å². The Morgan fingerprint density at radius 3 is 2.31 bits per heavy atom. The molecule has 0 radical (unpaired) electrons. The van der Waals surface area contributed by atoms with Gasteiger partial charge in [-0.05, 0) is 5.56 Å². The minimum absolute atomic E-state index is 0.379. The number of hydrogen-bond acceptors (Lipinski definition) is 1. The Balaban J connectivity index is 3.02. The van der Waals surface area contributed by atoms with Crippen LogP contribution in [0, 0.1) is 12.3 Å². The summed E-state index contributed by atoms with van der Waals surface area (Å²) in [5.41, 5.74) is 0.677. The maximum atomic E-state index is 9.60. The number of rotatable bonds is 2. The largest absolute Gasteiger partial charge is 0.379 e.